The molecule has 1 aliphatic rings. The van der Waals surface area contributed by atoms with Crippen molar-refractivity contribution < 1.29 is 9.18 Å². The molecule has 1 aromatic rings. The van der Waals surface area contributed by atoms with Crippen LogP contribution in [0.2, 0.25) is 5.02 Å². The van der Waals surface area contributed by atoms with Gasteiger partial charge in [-0.05, 0) is 44.9 Å². The van der Waals surface area contributed by atoms with Gasteiger partial charge in [0.15, 0.2) is 0 Å². The molecule has 2 rings (SSSR count). The average molecular weight is 256 g/mol. The number of halogens is 2. The van der Waals surface area contributed by atoms with Crippen molar-refractivity contribution >= 4 is 17.5 Å². The highest BCUT2D eigenvalue weighted by molar-refractivity contribution is 6.33. The quantitative estimate of drug-likeness (QED) is 0.810. The monoisotopic (exact) mass is 255 g/mol. The Bertz CT molecular complexity index is 441. The number of hydrogen-bond acceptors (Lipinski definition) is 1. The Hall–Kier alpha value is -1.09. The number of amides is 1. The first kappa shape index (κ1) is 12.4. The van der Waals surface area contributed by atoms with Crippen LogP contribution in [0.1, 0.15) is 37.0 Å². The second kappa shape index (κ2) is 4.65. The van der Waals surface area contributed by atoms with Crippen LogP contribution in [-0.2, 0) is 0 Å². The highest BCUT2D eigenvalue weighted by atomic mass is 35.5. The van der Waals surface area contributed by atoms with Crippen LogP contribution in [0.15, 0.2) is 18.2 Å². The van der Waals surface area contributed by atoms with Gasteiger partial charge < -0.3 is 4.90 Å². The van der Waals surface area contributed by atoms with Gasteiger partial charge in [0.05, 0.1) is 10.6 Å². The van der Waals surface area contributed by atoms with Gasteiger partial charge in [0.2, 0.25) is 0 Å². The van der Waals surface area contributed by atoms with E-state index in [4.69, 9.17) is 11.6 Å². The summed E-state index contributed by atoms with van der Waals surface area (Å²) in [5.74, 6) is -0.526. The summed E-state index contributed by atoms with van der Waals surface area (Å²) in [4.78, 5) is 14.2. The lowest BCUT2D eigenvalue weighted by molar-refractivity contribution is 0.0690. The van der Waals surface area contributed by atoms with Crippen molar-refractivity contribution in [1.82, 2.24) is 4.90 Å². The lowest BCUT2D eigenvalue weighted by Crippen LogP contribution is -2.38. The SMILES string of the molecule is CC(C)N(C(=O)c1ccc(F)cc1Cl)C1CC1. The molecular formula is C13H15ClFNO. The van der Waals surface area contributed by atoms with E-state index in [9.17, 15) is 9.18 Å². The molecular weight excluding hydrogens is 241 g/mol. The van der Waals surface area contributed by atoms with E-state index >= 15 is 0 Å². The van der Waals surface area contributed by atoms with Crippen molar-refractivity contribution in [3.8, 4) is 0 Å². The van der Waals surface area contributed by atoms with Gasteiger partial charge in [-0.1, -0.05) is 11.6 Å². The zero-order chi connectivity index (χ0) is 12.6. The summed E-state index contributed by atoms with van der Waals surface area (Å²) < 4.78 is 12.9. The van der Waals surface area contributed by atoms with Crippen LogP contribution in [-0.4, -0.2) is 22.9 Å². The van der Waals surface area contributed by atoms with Crippen LogP contribution < -0.4 is 0 Å². The zero-order valence-corrected chi connectivity index (χ0v) is 10.7. The molecule has 2 nitrogen and oxygen atoms in total. The first-order valence-corrected chi connectivity index (χ1v) is 6.16. The van der Waals surface area contributed by atoms with Crippen molar-refractivity contribution in [2.24, 2.45) is 0 Å². The highest BCUT2D eigenvalue weighted by Crippen LogP contribution is 2.31. The van der Waals surface area contributed by atoms with Gasteiger partial charge in [-0.2, -0.15) is 0 Å². The normalized spacial score (nSPS) is 15.1. The van der Waals surface area contributed by atoms with Crippen LogP contribution in [0.25, 0.3) is 0 Å². The average Bonchev–Trinajstić information content (AvgIpc) is 3.01. The summed E-state index contributed by atoms with van der Waals surface area (Å²) in [5, 5.41) is 0.182. The third-order valence-corrected chi connectivity index (χ3v) is 3.21. The van der Waals surface area contributed by atoms with E-state index in [0.29, 0.717) is 11.6 Å². The molecule has 4 heteroatoms. The van der Waals surface area contributed by atoms with Gasteiger partial charge in [-0.25, -0.2) is 4.39 Å². The van der Waals surface area contributed by atoms with Crippen LogP contribution in [0.3, 0.4) is 0 Å². The van der Waals surface area contributed by atoms with Gasteiger partial charge >= 0.3 is 0 Å². The number of hydrogen-bond donors (Lipinski definition) is 0. The van der Waals surface area contributed by atoms with Crippen molar-refractivity contribution in [3.05, 3.63) is 34.6 Å². The first-order chi connectivity index (χ1) is 8.00. The smallest absolute Gasteiger partial charge is 0.255 e. The summed E-state index contributed by atoms with van der Waals surface area (Å²) in [6.07, 6.45) is 2.09. The molecule has 17 heavy (non-hydrogen) atoms. The number of carbonyl (C=O) groups is 1. The minimum atomic E-state index is -0.422. The standard InChI is InChI=1S/C13H15ClFNO/c1-8(2)16(10-4-5-10)13(17)11-6-3-9(15)7-12(11)14/h3,6-8,10H,4-5H2,1-2H3. The summed E-state index contributed by atoms with van der Waals surface area (Å²) in [5.41, 5.74) is 0.383. The molecule has 1 aliphatic carbocycles. The van der Waals surface area contributed by atoms with E-state index in [0.717, 1.165) is 12.8 Å². The maximum Gasteiger partial charge on any atom is 0.255 e. The molecule has 0 aromatic heterocycles. The molecule has 92 valence electrons. The van der Waals surface area contributed by atoms with Crippen molar-refractivity contribution in [2.45, 2.75) is 38.8 Å². The van der Waals surface area contributed by atoms with Crippen LogP contribution in [0, 0.1) is 5.82 Å². The third kappa shape index (κ3) is 2.60. The fourth-order valence-electron chi connectivity index (χ4n) is 1.98. The molecule has 0 radical (unpaired) electrons. The number of nitrogens with zero attached hydrogens (tertiary/aromatic N) is 1. The van der Waals surface area contributed by atoms with Gasteiger partial charge in [-0.15, -0.1) is 0 Å². The molecule has 0 unspecified atom stereocenters. The Kier molecular flexibility index (Phi) is 3.38. The minimum absolute atomic E-state index is 0.104. The molecule has 0 aliphatic heterocycles. The number of rotatable bonds is 3. The van der Waals surface area contributed by atoms with Crippen molar-refractivity contribution in [2.75, 3.05) is 0 Å². The molecule has 0 bridgehead atoms. The van der Waals surface area contributed by atoms with Crippen LogP contribution in [0.4, 0.5) is 4.39 Å². The van der Waals surface area contributed by atoms with Gasteiger partial charge in [-0.3, -0.25) is 4.79 Å². The Morgan fingerprint density at radius 2 is 2.12 bits per heavy atom. The lowest BCUT2D eigenvalue weighted by atomic mass is 10.1. The molecule has 0 spiro atoms. The zero-order valence-electron chi connectivity index (χ0n) is 9.91. The summed E-state index contributed by atoms with van der Waals surface area (Å²) in [6, 6.07) is 4.36. The van der Waals surface area contributed by atoms with Gasteiger partial charge in [0, 0.05) is 12.1 Å². The third-order valence-electron chi connectivity index (χ3n) is 2.89. The molecule has 1 fully saturated rings. The molecule has 0 heterocycles. The largest absolute Gasteiger partial charge is 0.333 e. The Balaban J connectivity index is 2.28. The molecule has 1 amide bonds. The van der Waals surface area contributed by atoms with Crippen LogP contribution >= 0.6 is 11.6 Å². The maximum absolute atomic E-state index is 12.9. The van der Waals surface area contributed by atoms with Gasteiger partial charge in [0.25, 0.3) is 5.91 Å². The minimum Gasteiger partial charge on any atom is -0.333 e. The molecule has 0 saturated heterocycles. The Morgan fingerprint density at radius 1 is 1.47 bits per heavy atom. The molecule has 1 aromatic carbocycles. The predicted octanol–water partition coefficient (Wildman–Crippen LogP) is 3.49. The predicted molar refractivity (Wildman–Crippen MR) is 65.7 cm³/mol. The van der Waals surface area contributed by atoms with Crippen LogP contribution in [0.5, 0.6) is 0 Å². The van der Waals surface area contributed by atoms with E-state index in [1.807, 2.05) is 18.7 Å². The van der Waals surface area contributed by atoms with E-state index in [1.54, 1.807) is 0 Å². The summed E-state index contributed by atoms with van der Waals surface area (Å²) >= 11 is 5.91. The lowest BCUT2D eigenvalue weighted by Gasteiger charge is -2.27. The first-order valence-electron chi connectivity index (χ1n) is 5.78. The van der Waals surface area contributed by atoms with E-state index < -0.39 is 5.82 Å². The fraction of sp³-hybridized carbons (Fsp3) is 0.462. The second-order valence-corrected chi connectivity index (χ2v) is 5.07. The van der Waals surface area contributed by atoms with E-state index in [-0.39, 0.29) is 17.0 Å². The topological polar surface area (TPSA) is 20.3 Å². The van der Waals surface area contributed by atoms with Crippen molar-refractivity contribution in [1.29, 1.82) is 0 Å². The molecule has 0 N–H and O–H groups in total. The van der Waals surface area contributed by atoms with Gasteiger partial charge in [0.1, 0.15) is 5.82 Å². The summed E-state index contributed by atoms with van der Waals surface area (Å²) in [6.45, 7) is 3.96. The van der Waals surface area contributed by atoms with E-state index in [2.05, 4.69) is 0 Å². The Labute approximate surface area is 105 Å². The fourth-order valence-corrected chi connectivity index (χ4v) is 2.22. The number of carbonyl (C=O) groups excluding carboxylic acids is 1. The Morgan fingerprint density at radius 3 is 2.59 bits per heavy atom. The maximum atomic E-state index is 12.9. The van der Waals surface area contributed by atoms with E-state index in [1.165, 1.54) is 18.2 Å². The number of benzene rings is 1. The molecule has 1 saturated carbocycles. The molecule has 0 atom stereocenters. The highest BCUT2D eigenvalue weighted by Gasteiger charge is 2.35. The van der Waals surface area contributed by atoms with Crippen molar-refractivity contribution in [3.63, 3.8) is 0 Å². The summed E-state index contributed by atoms with van der Waals surface area (Å²) in [7, 11) is 0. The second-order valence-electron chi connectivity index (χ2n) is 4.66.